The molecule has 1 aromatic heterocycles. The predicted molar refractivity (Wildman–Crippen MR) is 82.9 cm³/mol. The van der Waals surface area contributed by atoms with Gasteiger partial charge >= 0.3 is 0 Å². The summed E-state index contributed by atoms with van der Waals surface area (Å²) in [6.45, 7) is 2.62. The minimum Gasteiger partial charge on any atom is -0.328 e. The lowest BCUT2D eigenvalue weighted by Crippen LogP contribution is -2.23. The van der Waals surface area contributed by atoms with Crippen LogP contribution in [0.5, 0.6) is 0 Å². The Hall–Kier alpha value is -2.28. The zero-order chi connectivity index (χ0) is 15.5. The van der Waals surface area contributed by atoms with Crippen molar-refractivity contribution >= 4 is 11.6 Å². The van der Waals surface area contributed by atoms with Crippen molar-refractivity contribution in [2.75, 3.05) is 5.32 Å². The number of anilines is 1. The van der Waals surface area contributed by atoms with E-state index in [0.29, 0.717) is 12.4 Å². The number of nitrogens with zero attached hydrogens (tertiary/aromatic N) is 4. The number of hydrogen-bond acceptors (Lipinski definition) is 5. The van der Waals surface area contributed by atoms with Crippen LogP contribution in [0.2, 0.25) is 0 Å². The van der Waals surface area contributed by atoms with Gasteiger partial charge in [0.05, 0.1) is 6.54 Å². The lowest BCUT2D eigenvalue weighted by molar-refractivity contribution is -0.119. The molecule has 1 aliphatic carbocycles. The van der Waals surface area contributed by atoms with Crippen LogP contribution in [0.25, 0.3) is 11.4 Å². The van der Waals surface area contributed by atoms with Crippen LogP contribution in [-0.2, 0) is 11.3 Å². The molecule has 1 saturated carbocycles. The third-order valence-corrected chi connectivity index (χ3v) is 3.97. The van der Waals surface area contributed by atoms with Crippen LogP contribution >= 0.6 is 0 Å². The average Bonchev–Trinajstić information content (AvgIpc) is 3.16. The second kappa shape index (κ2) is 6.23. The van der Waals surface area contributed by atoms with Gasteiger partial charge in [-0.15, -0.1) is 10.2 Å². The van der Waals surface area contributed by atoms with E-state index < -0.39 is 0 Å². The third kappa shape index (κ3) is 3.14. The summed E-state index contributed by atoms with van der Waals surface area (Å²) in [6, 6.07) is 7.65. The number of benzene rings is 1. The number of hydrogen-bond donors (Lipinski definition) is 2. The van der Waals surface area contributed by atoms with E-state index in [1.165, 1.54) is 4.80 Å². The number of tetrazole rings is 1. The van der Waals surface area contributed by atoms with Gasteiger partial charge in [0.2, 0.25) is 11.7 Å². The van der Waals surface area contributed by atoms with Crippen molar-refractivity contribution in [3.63, 3.8) is 0 Å². The molecule has 2 atom stereocenters. The molecule has 0 unspecified atom stereocenters. The summed E-state index contributed by atoms with van der Waals surface area (Å²) in [6.07, 6.45) is 2.54. The van der Waals surface area contributed by atoms with Gasteiger partial charge in [0, 0.05) is 23.2 Å². The highest BCUT2D eigenvalue weighted by Gasteiger charge is 2.27. The van der Waals surface area contributed by atoms with Crippen molar-refractivity contribution in [3.05, 3.63) is 24.3 Å². The predicted octanol–water partition coefficient (Wildman–Crippen LogP) is 1.43. The molecule has 0 bridgehead atoms. The standard InChI is InChI=1S/C15H20N6O/c1-2-21-19-14(18-20-21)10-4-3-5-13(9-10)17-15(22)11-6-7-12(16)8-11/h3-5,9,11-12H,2,6-8,16H2,1H3,(H,17,22)/t11-,12+/m1/s1. The summed E-state index contributed by atoms with van der Waals surface area (Å²) in [7, 11) is 0. The molecule has 0 radical (unpaired) electrons. The maximum atomic E-state index is 12.2. The summed E-state index contributed by atoms with van der Waals surface area (Å²) in [5.74, 6) is 0.605. The monoisotopic (exact) mass is 300 g/mol. The van der Waals surface area contributed by atoms with Gasteiger partial charge in [-0.25, -0.2) is 0 Å². The molecule has 3 rings (SSSR count). The Morgan fingerprint density at radius 1 is 1.45 bits per heavy atom. The first kappa shape index (κ1) is 14.6. The molecule has 116 valence electrons. The van der Waals surface area contributed by atoms with Crippen LogP contribution in [0, 0.1) is 5.92 Å². The molecule has 1 amide bonds. The Kier molecular flexibility index (Phi) is 4.15. The van der Waals surface area contributed by atoms with Gasteiger partial charge in [-0.05, 0) is 43.5 Å². The highest BCUT2D eigenvalue weighted by molar-refractivity contribution is 5.93. The number of nitrogens with one attached hydrogen (secondary N) is 1. The first-order chi connectivity index (χ1) is 10.7. The molecule has 7 heteroatoms. The van der Waals surface area contributed by atoms with E-state index in [-0.39, 0.29) is 17.9 Å². The molecule has 1 heterocycles. The van der Waals surface area contributed by atoms with Gasteiger partial charge in [-0.2, -0.15) is 4.80 Å². The second-order valence-corrected chi connectivity index (χ2v) is 5.64. The Balaban J connectivity index is 1.72. The first-order valence-corrected chi connectivity index (χ1v) is 7.60. The van der Waals surface area contributed by atoms with Crippen molar-refractivity contribution in [1.29, 1.82) is 0 Å². The Morgan fingerprint density at radius 3 is 3.00 bits per heavy atom. The highest BCUT2D eigenvalue weighted by Crippen LogP contribution is 2.26. The van der Waals surface area contributed by atoms with E-state index in [1.807, 2.05) is 31.2 Å². The van der Waals surface area contributed by atoms with Gasteiger partial charge < -0.3 is 11.1 Å². The van der Waals surface area contributed by atoms with Crippen molar-refractivity contribution in [3.8, 4) is 11.4 Å². The summed E-state index contributed by atoms with van der Waals surface area (Å²) < 4.78 is 0. The Morgan fingerprint density at radius 2 is 2.32 bits per heavy atom. The van der Waals surface area contributed by atoms with Crippen molar-refractivity contribution in [2.24, 2.45) is 11.7 Å². The fourth-order valence-electron chi connectivity index (χ4n) is 2.73. The maximum absolute atomic E-state index is 12.2. The van der Waals surface area contributed by atoms with Crippen LogP contribution < -0.4 is 11.1 Å². The molecule has 1 aliphatic rings. The van der Waals surface area contributed by atoms with E-state index in [9.17, 15) is 4.79 Å². The molecular weight excluding hydrogens is 280 g/mol. The Bertz CT molecular complexity index is 668. The van der Waals surface area contributed by atoms with Crippen LogP contribution in [-0.4, -0.2) is 32.2 Å². The van der Waals surface area contributed by atoms with E-state index >= 15 is 0 Å². The molecule has 2 aromatic rings. The van der Waals surface area contributed by atoms with Crippen LogP contribution in [0.1, 0.15) is 26.2 Å². The number of aromatic nitrogens is 4. The third-order valence-electron chi connectivity index (χ3n) is 3.97. The molecule has 7 nitrogen and oxygen atoms in total. The zero-order valence-electron chi connectivity index (χ0n) is 12.6. The molecule has 3 N–H and O–H groups in total. The van der Waals surface area contributed by atoms with Crippen LogP contribution in [0.15, 0.2) is 24.3 Å². The molecule has 0 spiro atoms. The largest absolute Gasteiger partial charge is 0.328 e. The number of amides is 1. The molecule has 0 saturated heterocycles. The second-order valence-electron chi connectivity index (χ2n) is 5.64. The van der Waals surface area contributed by atoms with Crippen LogP contribution in [0.4, 0.5) is 5.69 Å². The van der Waals surface area contributed by atoms with E-state index in [1.54, 1.807) is 0 Å². The number of nitrogens with two attached hydrogens (primary N) is 1. The van der Waals surface area contributed by atoms with Gasteiger partial charge in [0.25, 0.3) is 0 Å². The van der Waals surface area contributed by atoms with E-state index in [2.05, 4.69) is 20.7 Å². The number of carbonyl (C=O) groups excluding carboxylic acids is 1. The number of rotatable bonds is 4. The lowest BCUT2D eigenvalue weighted by atomic mass is 10.1. The summed E-state index contributed by atoms with van der Waals surface area (Å²) in [4.78, 5) is 13.8. The lowest BCUT2D eigenvalue weighted by Gasteiger charge is -2.11. The quantitative estimate of drug-likeness (QED) is 0.890. The molecule has 1 aromatic carbocycles. The molecule has 22 heavy (non-hydrogen) atoms. The zero-order valence-corrected chi connectivity index (χ0v) is 12.6. The van der Waals surface area contributed by atoms with Crippen molar-refractivity contribution in [1.82, 2.24) is 20.2 Å². The van der Waals surface area contributed by atoms with Gasteiger partial charge in [0.1, 0.15) is 0 Å². The van der Waals surface area contributed by atoms with Crippen molar-refractivity contribution in [2.45, 2.75) is 38.8 Å². The highest BCUT2D eigenvalue weighted by atomic mass is 16.1. The van der Waals surface area contributed by atoms with E-state index in [0.717, 1.165) is 30.5 Å². The van der Waals surface area contributed by atoms with Gasteiger partial charge in [-0.3, -0.25) is 4.79 Å². The molecular formula is C15H20N6O. The van der Waals surface area contributed by atoms with Crippen molar-refractivity contribution < 1.29 is 4.79 Å². The average molecular weight is 300 g/mol. The summed E-state index contributed by atoms with van der Waals surface area (Å²) in [5, 5.41) is 15.2. The van der Waals surface area contributed by atoms with E-state index in [4.69, 9.17) is 5.73 Å². The molecule has 1 fully saturated rings. The first-order valence-electron chi connectivity index (χ1n) is 7.60. The van der Waals surface area contributed by atoms with Crippen LogP contribution in [0.3, 0.4) is 0 Å². The number of aryl methyl sites for hydroxylation is 1. The fourth-order valence-corrected chi connectivity index (χ4v) is 2.73. The van der Waals surface area contributed by atoms with Gasteiger partial charge in [0.15, 0.2) is 0 Å². The fraction of sp³-hybridized carbons (Fsp3) is 0.467. The minimum absolute atomic E-state index is 0.0118. The SMILES string of the molecule is CCn1nnc(-c2cccc(NC(=O)[C@@H]3CC[C@H](N)C3)c2)n1. The topological polar surface area (TPSA) is 98.7 Å². The smallest absolute Gasteiger partial charge is 0.227 e. The maximum Gasteiger partial charge on any atom is 0.227 e. The summed E-state index contributed by atoms with van der Waals surface area (Å²) >= 11 is 0. The van der Waals surface area contributed by atoms with Gasteiger partial charge in [-0.1, -0.05) is 12.1 Å². The minimum atomic E-state index is 0.0118. The normalized spacial score (nSPS) is 21.0. The Labute approximate surface area is 128 Å². The summed E-state index contributed by atoms with van der Waals surface area (Å²) in [5.41, 5.74) is 7.45. The molecule has 0 aliphatic heterocycles. The number of carbonyl (C=O) groups is 1.